The van der Waals surface area contributed by atoms with Crippen LogP contribution in [0.15, 0.2) is 27.8 Å². The highest BCUT2D eigenvalue weighted by atomic mass is 127. The van der Waals surface area contributed by atoms with Crippen LogP contribution in [0.3, 0.4) is 0 Å². The summed E-state index contributed by atoms with van der Waals surface area (Å²) in [6, 6.07) is 4.25. The molecule has 0 spiro atoms. The van der Waals surface area contributed by atoms with Crippen LogP contribution in [0.5, 0.6) is 0 Å². The van der Waals surface area contributed by atoms with Gasteiger partial charge in [-0.1, -0.05) is 6.92 Å². The zero-order chi connectivity index (χ0) is 18.6. The minimum atomic E-state index is 0. The fraction of sp³-hybridized carbons (Fsp3) is 0.556. The predicted molar refractivity (Wildman–Crippen MR) is 122 cm³/mol. The van der Waals surface area contributed by atoms with Gasteiger partial charge in [0.1, 0.15) is 0 Å². The van der Waals surface area contributed by atoms with E-state index in [0.717, 1.165) is 35.8 Å². The molecule has 0 aromatic carbocycles. The third kappa shape index (κ3) is 6.29. The van der Waals surface area contributed by atoms with Gasteiger partial charge in [0.15, 0.2) is 5.96 Å². The van der Waals surface area contributed by atoms with Gasteiger partial charge in [-0.3, -0.25) is 9.67 Å². The number of aliphatic imine (C=N–C) groups is 1. The van der Waals surface area contributed by atoms with E-state index in [2.05, 4.69) is 91.8 Å². The van der Waals surface area contributed by atoms with Crippen LogP contribution in [0.25, 0.3) is 0 Å². The fourth-order valence-corrected chi connectivity index (χ4v) is 3.48. The Morgan fingerprint density at radius 1 is 1.38 bits per heavy atom. The highest BCUT2D eigenvalue weighted by Gasteiger charge is 2.12. The number of hydrogen-bond donors (Lipinski definition) is 1. The van der Waals surface area contributed by atoms with E-state index >= 15 is 0 Å². The van der Waals surface area contributed by atoms with Crippen LogP contribution in [0, 0.1) is 19.8 Å². The maximum absolute atomic E-state index is 4.54. The summed E-state index contributed by atoms with van der Waals surface area (Å²) in [5, 5.41) is 8.02. The Balaban J connectivity index is 0.00000338. The van der Waals surface area contributed by atoms with Gasteiger partial charge in [-0.25, -0.2) is 0 Å². The van der Waals surface area contributed by atoms with Crippen molar-refractivity contribution in [2.75, 3.05) is 20.6 Å². The van der Waals surface area contributed by atoms with Crippen molar-refractivity contribution in [1.82, 2.24) is 24.6 Å². The van der Waals surface area contributed by atoms with E-state index in [1.807, 2.05) is 14.0 Å². The third-order valence-corrected chi connectivity index (χ3v) is 4.68. The Kier molecular flexibility index (Phi) is 9.15. The number of nitrogens with one attached hydrogen (secondary N) is 1. The largest absolute Gasteiger partial charge is 0.356 e. The fourth-order valence-electron chi connectivity index (χ4n) is 2.91. The summed E-state index contributed by atoms with van der Waals surface area (Å²) in [6.45, 7) is 8.92. The van der Waals surface area contributed by atoms with Crippen molar-refractivity contribution >= 4 is 45.9 Å². The van der Waals surface area contributed by atoms with Gasteiger partial charge < -0.3 is 14.8 Å². The molecule has 0 radical (unpaired) electrons. The molecular formula is C18H30BrIN6. The zero-order valence-electron chi connectivity index (χ0n) is 16.5. The van der Waals surface area contributed by atoms with Gasteiger partial charge in [0.25, 0.3) is 0 Å². The Hall–Kier alpha value is -1.03. The first-order valence-corrected chi connectivity index (χ1v) is 9.33. The number of halogens is 2. The molecule has 0 aliphatic rings. The van der Waals surface area contributed by atoms with Crippen molar-refractivity contribution in [3.8, 4) is 0 Å². The molecule has 0 fully saturated rings. The number of guanidine groups is 1. The Morgan fingerprint density at radius 2 is 2.08 bits per heavy atom. The van der Waals surface area contributed by atoms with Crippen molar-refractivity contribution in [2.45, 2.75) is 33.9 Å². The van der Waals surface area contributed by atoms with Gasteiger partial charge in [0.2, 0.25) is 0 Å². The van der Waals surface area contributed by atoms with Crippen molar-refractivity contribution in [3.63, 3.8) is 0 Å². The molecule has 1 N–H and O–H groups in total. The SMILES string of the molecule is CN=C(NCC(C)Cn1nc(C)cc1C)N(C)Cc1cc(Br)cn1C.I. The lowest BCUT2D eigenvalue weighted by Crippen LogP contribution is -2.41. The zero-order valence-corrected chi connectivity index (χ0v) is 20.4. The highest BCUT2D eigenvalue weighted by molar-refractivity contribution is 14.0. The normalized spacial score (nSPS) is 12.7. The van der Waals surface area contributed by atoms with Crippen molar-refractivity contribution < 1.29 is 0 Å². The summed E-state index contributed by atoms with van der Waals surface area (Å²) in [5.74, 6) is 1.35. The average Bonchev–Trinajstić information content (AvgIpc) is 3.00. The topological polar surface area (TPSA) is 50.4 Å². The molecule has 2 aromatic heterocycles. The molecule has 2 rings (SSSR count). The van der Waals surface area contributed by atoms with E-state index < -0.39 is 0 Å². The van der Waals surface area contributed by atoms with Crippen LogP contribution in [0.2, 0.25) is 0 Å². The summed E-state index contributed by atoms with van der Waals surface area (Å²) in [4.78, 5) is 6.55. The van der Waals surface area contributed by atoms with Crippen LogP contribution in [-0.4, -0.2) is 45.8 Å². The molecule has 0 bridgehead atoms. The van der Waals surface area contributed by atoms with Crippen LogP contribution in [0.4, 0.5) is 0 Å². The number of aromatic nitrogens is 3. The molecule has 0 saturated carbocycles. The summed E-state index contributed by atoms with van der Waals surface area (Å²) in [6.07, 6.45) is 2.07. The molecule has 2 heterocycles. The lowest BCUT2D eigenvalue weighted by atomic mass is 10.2. The Labute approximate surface area is 182 Å². The number of aryl methyl sites for hydroxylation is 3. The van der Waals surface area contributed by atoms with Gasteiger partial charge >= 0.3 is 0 Å². The highest BCUT2D eigenvalue weighted by Crippen LogP contribution is 2.15. The van der Waals surface area contributed by atoms with Gasteiger partial charge in [0, 0.05) is 56.3 Å². The first-order chi connectivity index (χ1) is 11.8. The van der Waals surface area contributed by atoms with E-state index in [-0.39, 0.29) is 24.0 Å². The second kappa shape index (κ2) is 10.3. The van der Waals surface area contributed by atoms with Crippen molar-refractivity contribution in [2.24, 2.45) is 18.0 Å². The lowest BCUT2D eigenvalue weighted by Gasteiger charge is -2.24. The smallest absolute Gasteiger partial charge is 0.193 e. The van der Waals surface area contributed by atoms with Gasteiger partial charge in [-0.2, -0.15) is 5.10 Å². The quantitative estimate of drug-likeness (QED) is 0.349. The van der Waals surface area contributed by atoms with Crippen LogP contribution < -0.4 is 5.32 Å². The Bertz CT molecular complexity index is 736. The van der Waals surface area contributed by atoms with Crippen LogP contribution in [0.1, 0.15) is 24.0 Å². The van der Waals surface area contributed by atoms with Gasteiger partial charge in [0.05, 0.1) is 12.2 Å². The van der Waals surface area contributed by atoms with Crippen molar-refractivity contribution in [3.05, 3.63) is 39.9 Å². The van der Waals surface area contributed by atoms with Crippen LogP contribution in [-0.2, 0) is 20.1 Å². The predicted octanol–water partition coefficient (Wildman–Crippen LogP) is 3.56. The van der Waals surface area contributed by atoms with Gasteiger partial charge in [-0.15, -0.1) is 24.0 Å². The second-order valence-electron chi connectivity index (χ2n) is 6.76. The molecule has 0 amide bonds. The molecule has 0 aliphatic carbocycles. The first-order valence-electron chi connectivity index (χ1n) is 8.53. The number of rotatable bonds is 6. The van der Waals surface area contributed by atoms with E-state index in [1.54, 1.807) is 0 Å². The van der Waals surface area contributed by atoms with Crippen molar-refractivity contribution in [1.29, 1.82) is 0 Å². The summed E-state index contributed by atoms with van der Waals surface area (Å²) in [7, 11) is 5.94. The standard InChI is InChI=1S/C18H29BrN6.HI/c1-13(10-25-15(3)7-14(2)22-25)9-21-18(20-4)24(6)12-17-8-16(19)11-23(17)5;/h7-8,11,13H,9-10,12H2,1-6H3,(H,20,21);1H. The molecule has 6 nitrogen and oxygen atoms in total. The molecule has 1 unspecified atom stereocenters. The van der Waals surface area contributed by atoms with E-state index in [0.29, 0.717) is 5.92 Å². The maximum Gasteiger partial charge on any atom is 0.193 e. The monoisotopic (exact) mass is 536 g/mol. The Morgan fingerprint density at radius 3 is 2.58 bits per heavy atom. The summed E-state index contributed by atoms with van der Waals surface area (Å²) < 4.78 is 5.30. The van der Waals surface area contributed by atoms with Gasteiger partial charge in [-0.05, 0) is 47.8 Å². The molecule has 26 heavy (non-hydrogen) atoms. The summed E-state index contributed by atoms with van der Waals surface area (Å²) >= 11 is 3.52. The van der Waals surface area contributed by atoms with E-state index in [1.165, 1.54) is 11.4 Å². The minimum Gasteiger partial charge on any atom is -0.356 e. The third-order valence-electron chi connectivity index (χ3n) is 4.24. The molecule has 1 atom stereocenters. The molecular weight excluding hydrogens is 507 g/mol. The molecule has 0 aliphatic heterocycles. The van der Waals surface area contributed by atoms with E-state index in [9.17, 15) is 0 Å². The number of nitrogens with zero attached hydrogens (tertiary/aromatic N) is 5. The molecule has 146 valence electrons. The minimum absolute atomic E-state index is 0. The molecule has 0 saturated heterocycles. The average molecular weight is 537 g/mol. The first kappa shape index (κ1) is 23.0. The second-order valence-corrected chi connectivity index (χ2v) is 7.67. The summed E-state index contributed by atoms with van der Waals surface area (Å²) in [5.41, 5.74) is 3.51. The maximum atomic E-state index is 4.54. The molecule has 8 heteroatoms. The molecule has 2 aromatic rings. The number of hydrogen-bond acceptors (Lipinski definition) is 2. The van der Waals surface area contributed by atoms with E-state index in [4.69, 9.17) is 0 Å². The van der Waals surface area contributed by atoms with Crippen LogP contribution >= 0.6 is 39.9 Å². The lowest BCUT2D eigenvalue weighted by molar-refractivity contribution is 0.415.